The van der Waals surface area contributed by atoms with Crippen LogP contribution in [-0.2, 0) is 14.8 Å². The number of hydrogen-bond donors (Lipinski definition) is 2. The Bertz CT molecular complexity index is 1610. The number of carbonyl (C=O) groups excluding carboxylic acids is 3. The number of piperidine rings is 1. The predicted octanol–water partition coefficient (Wildman–Crippen LogP) is 5.91. The second kappa shape index (κ2) is 13.1. The first-order chi connectivity index (χ1) is 20.2. The summed E-state index contributed by atoms with van der Waals surface area (Å²) >= 11 is 11.9. The van der Waals surface area contributed by atoms with Gasteiger partial charge in [-0.3, -0.25) is 14.4 Å². The molecule has 2 atom stereocenters. The van der Waals surface area contributed by atoms with Crippen LogP contribution in [0.1, 0.15) is 66.3 Å². The van der Waals surface area contributed by atoms with Gasteiger partial charge in [-0.05, 0) is 83.8 Å². The molecule has 0 aliphatic carbocycles. The first kappa shape index (κ1) is 32.5. The molecule has 4 rings (SSSR count). The van der Waals surface area contributed by atoms with Crippen molar-refractivity contribution < 1.29 is 22.8 Å². The van der Waals surface area contributed by atoms with Crippen molar-refractivity contribution in [3.8, 4) is 0 Å². The van der Waals surface area contributed by atoms with Gasteiger partial charge in [0, 0.05) is 34.3 Å². The van der Waals surface area contributed by atoms with Crippen molar-refractivity contribution in [2.24, 2.45) is 11.3 Å². The average Bonchev–Trinajstić information content (AvgIpc) is 2.95. The molecule has 1 saturated heterocycles. The van der Waals surface area contributed by atoms with Crippen LogP contribution in [0.4, 0.5) is 0 Å². The first-order valence-corrected chi connectivity index (χ1v) is 16.2. The van der Waals surface area contributed by atoms with E-state index in [0.717, 1.165) is 6.42 Å². The number of hydrogen-bond acceptors (Lipinski definition) is 5. The smallest absolute Gasteiger partial charge is 0.265 e. The van der Waals surface area contributed by atoms with Gasteiger partial charge in [0.1, 0.15) is 6.04 Å². The van der Waals surface area contributed by atoms with Crippen molar-refractivity contribution in [3.63, 3.8) is 0 Å². The van der Waals surface area contributed by atoms with Crippen LogP contribution >= 0.6 is 23.2 Å². The van der Waals surface area contributed by atoms with Gasteiger partial charge in [-0.2, -0.15) is 0 Å². The van der Waals surface area contributed by atoms with Gasteiger partial charge >= 0.3 is 0 Å². The summed E-state index contributed by atoms with van der Waals surface area (Å²) in [6, 6.07) is 18.1. The minimum Gasteiger partial charge on any atom is -0.340 e. The van der Waals surface area contributed by atoms with E-state index in [2.05, 4.69) is 19.2 Å². The van der Waals surface area contributed by atoms with Crippen LogP contribution in [0.2, 0.25) is 10.0 Å². The Morgan fingerprint density at radius 3 is 2.00 bits per heavy atom. The Morgan fingerprint density at radius 1 is 0.884 bits per heavy atom. The fourth-order valence-electron chi connectivity index (χ4n) is 5.45. The van der Waals surface area contributed by atoms with Gasteiger partial charge in [-0.1, -0.05) is 69.1 Å². The van der Waals surface area contributed by atoms with Crippen LogP contribution in [-0.4, -0.2) is 50.2 Å². The summed E-state index contributed by atoms with van der Waals surface area (Å²) in [6.45, 7) is 9.07. The largest absolute Gasteiger partial charge is 0.340 e. The lowest BCUT2D eigenvalue weighted by Crippen LogP contribution is -2.55. The van der Waals surface area contributed by atoms with Crippen LogP contribution in [0.15, 0.2) is 77.7 Å². The highest BCUT2D eigenvalue weighted by Crippen LogP contribution is 2.42. The molecule has 0 spiro atoms. The van der Waals surface area contributed by atoms with E-state index in [0.29, 0.717) is 23.1 Å². The van der Waals surface area contributed by atoms with Crippen molar-refractivity contribution in [1.82, 2.24) is 14.9 Å². The molecular weight excluding hydrogens is 609 g/mol. The fourth-order valence-corrected chi connectivity index (χ4v) is 6.67. The standard InChI is InChI=1S/C32H35Cl2N3O5S/c1-20(2)28(31(40)37-17-16-27(32(3,4)19-37)21-8-10-24(33)11-9-21)35-29(38)22-6-5-7-23(18-22)30(39)36-43(41,42)26-14-12-25(34)13-15-26/h5-15,18,20,27-28H,16-17,19H2,1-4H3,(H,35,38)(H,36,39)/t27-,28-/m1/s1. The zero-order valence-corrected chi connectivity index (χ0v) is 26.8. The van der Waals surface area contributed by atoms with Crippen LogP contribution < -0.4 is 10.0 Å². The molecule has 0 saturated carbocycles. The molecule has 1 fully saturated rings. The van der Waals surface area contributed by atoms with E-state index >= 15 is 0 Å². The Balaban J connectivity index is 1.45. The second-order valence-electron chi connectivity index (χ2n) is 11.8. The molecule has 0 bridgehead atoms. The van der Waals surface area contributed by atoms with Crippen LogP contribution in [0.5, 0.6) is 0 Å². The number of nitrogens with one attached hydrogen (secondary N) is 2. The summed E-state index contributed by atoms with van der Waals surface area (Å²) in [5.41, 5.74) is 1.07. The number of halogens is 2. The lowest BCUT2D eigenvalue weighted by atomic mass is 9.70. The van der Waals surface area contributed by atoms with E-state index < -0.39 is 27.9 Å². The van der Waals surface area contributed by atoms with E-state index in [-0.39, 0.29) is 39.2 Å². The molecule has 1 aliphatic rings. The molecule has 1 aliphatic heterocycles. The molecule has 8 nitrogen and oxygen atoms in total. The highest BCUT2D eigenvalue weighted by molar-refractivity contribution is 7.90. The highest BCUT2D eigenvalue weighted by atomic mass is 35.5. The van der Waals surface area contributed by atoms with Crippen LogP contribution in [0.3, 0.4) is 0 Å². The van der Waals surface area contributed by atoms with Crippen molar-refractivity contribution >= 4 is 50.9 Å². The molecule has 0 unspecified atom stereocenters. The highest BCUT2D eigenvalue weighted by Gasteiger charge is 2.40. The van der Waals surface area contributed by atoms with Gasteiger partial charge < -0.3 is 10.2 Å². The third-order valence-electron chi connectivity index (χ3n) is 7.77. The summed E-state index contributed by atoms with van der Waals surface area (Å²) < 4.78 is 27.3. The van der Waals surface area contributed by atoms with Crippen molar-refractivity contribution in [2.75, 3.05) is 13.1 Å². The number of carbonyl (C=O) groups is 3. The van der Waals surface area contributed by atoms with Crippen LogP contribution in [0.25, 0.3) is 0 Å². The van der Waals surface area contributed by atoms with Gasteiger partial charge in [0.05, 0.1) is 4.90 Å². The van der Waals surface area contributed by atoms with Gasteiger partial charge in [0.15, 0.2) is 0 Å². The number of nitrogens with zero attached hydrogens (tertiary/aromatic N) is 1. The summed E-state index contributed by atoms with van der Waals surface area (Å²) in [5, 5.41) is 3.88. The molecule has 3 amide bonds. The molecule has 11 heteroatoms. The summed E-state index contributed by atoms with van der Waals surface area (Å²) in [6.07, 6.45) is 0.773. The molecule has 3 aromatic carbocycles. The first-order valence-electron chi connectivity index (χ1n) is 14.0. The van der Waals surface area contributed by atoms with Gasteiger partial charge in [-0.15, -0.1) is 0 Å². The van der Waals surface area contributed by atoms with Crippen molar-refractivity contribution in [1.29, 1.82) is 0 Å². The molecule has 0 radical (unpaired) electrons. The Kier molecular flexibility index (Phi) is 9.89. The maximum atomic E-state index is 13.7. The number of benzene rings is 3. The number of amides is 3. The van der Waals surface area contributed by atoms with E-state index in [1.54, 1.807) is 0 Å². The molecule has 43 heavy (non-hydrogen) atoms. The minimum absolute atomic E-state index is 0.0244. The Labute approximate surface area is 262 Å². The zero-order valence-electron chi connectivity index (χ0n) is 24.4. The number of sulfonamides is 1. The van der Waals surface area contributed by atoms with E-state index in [1.807, 2.05) is 47.7 Å². The van der Waals surface area contributed by atoms with Gasteiger partial charge in [0.25, 0.3) is 21.8 Å². The minimum atomic E-state index is -4.16. The summed E-state index contributed by atoms with van der Waals surface area (Å²) in [4.78, 5) is 41.5. The topological polar surface area (TPSA) is 113 Å². The van der Waals surface area contributed by atoms with E-state index in [4.69, 9.17) is 23.2 Å². The van der Waals surface area contributed by atoms with E-state index in [1.165, 1.54) is 54.1 Å². The monoisotopic (exact) mass is 643 g/mol. The maximum Gasteiger partial charge on any atom is 0.265 e. The maximum absolute atomic E-state index is 13.7. The lowest BCUT2D eigenvalue weighted by Gasteiger charge is -2.45. The number of likely N-dealkylation sites (tertiary alicyclic amines) is 1. The Hall–Kier alpha value is -3.40. The zero-order chi connectivity index (χ0) is 31.5. The van der Waals surface area contributed by atoms with Gasteiger partial charge in [0.2, 0.25) is 5.91 Å². The van der Waals surface area contributed by atoms with Gasteiger partial charge in [-0.25, -0.2) is 13.1 Å². The average molecular weight is 645 g/mol. The Morgan fingerprint density at radius 2 is 1.44 bits per heavy atom. The normalized spacial score (nSPS) is 17.3. The SMILES string of the molecule is CC(C)[C@@H](NC(=O)c1cccc(C(=O)NS(=O)(=O)c2ccc(Cl)cc2)c1)C(=O)N1CC[C@H](c2ccc(Cl)cc2)C(C)(C)C1. The second-order valence-corrected chi connectivity index (χ2v) is 14.4. The third kappa shape index (κ3) is 7.77. The lowest BCUT2D eigenvalue weighted by molar-refractivity contribution is -0.137. The fraction of sp³-hybridized carbons (Fsp3) is 0.344. The van der Waals surface area contributed by atoms with E-state index in [9.17, 15) is 22.8 Å². The molecule has 228 valence electrons. The molecular formula is C32H35Cl2N3O5S. The molecule has 2 N–H and O–H groups in total. The summed E-state index contributed by atoms with van der Waals surface area (Å²) in [5.74, 6) is -1.57. The summed E-state index contributed by atoms with van der Waals surface area (Å²) in [7, 11) is -4.16. The van der Waals surface area contributed by atoms with Crippen molar-refractivity contribution in [2.45, 2.75) is 51.0 Å². The molecule has 0 aromatic heterocycles. The third-order valence-corrected chi connectivity index (χ3v) is 9.62. The predicted molar refractivity (Wildman–Crippen MR) is 168 cm³/mol. The quantitative estimate of drug-likeness (QED) is 0.317. The van der Waals surface area contributed by atoms with Crippen LogP contribution in [0, 0.1) is 11.3 Å². The number of rotatable bonds is 8. The molecule has 3 aromatic rings. The van der Waals surface area contributed by atoms with Crippen molar-refractivity contribution in [3.05, 3.63) is 99.5 Å². The molecule has 1 heterocycles.